The van der Waals surface area contributed by atoms with Gasteiger partial charge in [-0.3, -0.25) is 10.1 Å². The first-order valence-electron chi connectivity index (χ1n) is 6.23. The molecule has 96 valence electrons. The Kier molecular flexibility index (Phi) is 4.02. The van der Waals surface area contributed by atoms with E-state index in [1.165, 1.54) is 5.57 Å². The Hall–Kier alpha value is -1.78. The molecule has 2 aliphatic rings. The second-order valence-corrected chi connectivity index (χ2v) is 4.77. The van der Waals surface area contributed by atoms with Crippen LogP contribution in [-0.4, -0.2) is 17.0 Å². The molecule has 2 aliphatic carbocycles. The number of rotatable bonds is 3. The van der Waals surface area contributed by atoms with Crippen molar-refractivity contribution < 1.29 is 4.92 Å². The van der Waals surface area contributed by atoms with Crippen molar-refractivity contribution in [3.05, 3.63) is 45.7 Å². The van der Waals surface area contributed by atoms with Crippen LogP contribution < -0.4 is 0 Å². The molecule has 0 amide bonds. The Balaban J connectivity index is 1.88. The summed E-state index contributed by atoms with van der Waals surface area (Å²) in [5.41, 5.74) is 2.16. The fraction of sp³-hybridized carbons (Fsp3) is 0.538. The summed E-state index contributed by atoms with van der Waals surface area (Å²) in [5, 5.41) is 19.0. The molecule has 0 fully saturated rings. The van der Waals surface area contributed by atoms with Crippen LogP contribution >= 0.6 is 0 Å². The smallest absolute Gasteiger partial charge is 0.235 e. The van der Waals surface area contributed by atoms with Crippen molar-refractivity contribution in [3.8, 4) is 0 Å². The minimum Gasteiger partial charge on any atom is -0.264 e. The molecular formula is C13H17N3O2. The average Bonchev–Trinajstić information content (AvgIpc) is 2.38. The summed E-state index contributed by atoms with van der Waals surface area (Å²) in [6, 6.07) is -0.347. The number of nitrogens with zero attached hydrogens (tertiary/aromatic N) is 3. The predicted octanol–water partition coefficient (Wildman–Crippen LogP) is 3.43. The zero-order valence-electron chi connectivity index (χ0n) is 10.5. The van der Waals surface area contributed by atoms with Crippen LogP contribution in [-0.2, 0) is 0 Å². The van der Waals surface area contributed by atoms with Gasteiger partial charge in [-0.2, -0.15) is 10.2 Å². The number of hydrogen-bond donors (Lipinski definition) is 0. The van der Waals surface area contributed by atoms with Crippen molar-refractivity contribution >= 4 is 0 Å². The first kappa shape index (κ1) is 12.7. The van der Waals surface area contributed by atoms with E-state index >= 15 is 0 Å². The summed E-state index contributed by atoms with van der Waals surface area (Å²) in [4.78, 5) is 10.3. The van der Waals surface area contributed by atoms with E-state index in [1.54, 1.807) is 18.2 Å². The SMILES string of the molecule is CC1=CCC(N=NC2=CCC([N+](=O)[O-])C=C2)CC1. The van der Waals surface area contributed by atoms with Crippen LogP contribution in [0.2, 0.25) is 0 Å². The average molecular weight is 247 g/mol. The van der Waals surface area contributed by atoms with Gasteiger partial charge < -0.3 is 0 Å². The van der Waals surface area contributed by atoms with E-state index in [1.807, 2.05) is 0 Å². The van der Waals surface area contributed by atoms with Gasteiger partial charge in [0.25, 0.3) is 0 Å². The van der Waals surface area contributed by atoms with E-state index in [0.29, 0.717) is 6.42 Å². The minimum atomic E-state index is -0.607. The van der Waals surface area contributed by atoms with Crippen molar-refractivity contribution in [1.82, 2.24) is 0 Å². The van der Waals surface area contributed by atoms with Gasteiger partial charge in [0.1, 0.15) is 0 Å². The number of nitro groups is 1. The van der Waals surface area contributed by atoms with Gasteiger partial charge >= 0.3 is 0 Å². The van der Waals surface area contributed by atoms with E-state index in [-0.39, 0.29) is 11.0 Å². The molecule has 0 saturated heterocycles. The lowest BCUT2D eigenvalue weighted by molar-refractivity contribution is -0.508. The van der Waals surface area contributed by atoms with Crippen LogP contribution in [0, 0.1) is 10.1 Å². The summed E-state index contributed by atoms with van der Waals surface area (Å²) < 4.78 is 0. The summed E-state index contributed by atoms with van der Waals surface area (Å²) >= 11 is 0. The fourth-order valence-corrected chi connectivity index (χ4v) is 2.03. The molecule has 18 heavy (non-hydrogen) atoms. The van der Waals surface area contributed by atoms with Gasteiger partial charge in [0.05, 0.1) is 11.7 Å². The third-order valence-electron chi connectivity index (χ3n) is 3.28. The highest BCUT2D eigenvalue weighted by Crippen LogP contribution is 2.21. The first-order chi connectivity index (χ1) is 8.65. The Morgan fingerprint density at radius 3 is 2.78 bits per heavy atom. The van der Waals surface area contributed by atoms with E-state index in [4.69, 9.17) is 0 Å². The predicted molar refractivity (Wildman–Crippen MR) is 68.9 cm³/mol. The number of allylic oxidation sites excluding steroid dienone is 2. The molecule has 5 heteroatoms. The molecule has 0 aromatic carbocycles. The normalized spacial score (nSPS) is 28.1. The molecule has 0 aliphatic heterocycles. The Morgan fingerprint density at radius 2 is 2.22 bits per heavy atom. The highest BCUT2D eigenvalue weighted by molar-refractivity contribution is 5.22. The van der Waals surface area contributed by atoms with Crippen molar-refractivity contribution in [2.45, 2.75) is 44.7 Å². The number of azo groups is 1. The van der Waals surface area contributed by atoms with Crippen molar-refractivity contribution in [2.24, 2.45) is 10.2 Å². The lowest BCUT2D eigenvalue weighted by atomic mass is 9.97. The van der Waals surface area contributed by atoms with Crippen LogP contribution in [0.15, 0.2) is 45.8 Å². The standard InChI is InChI=1S/C13H17N3O2/c1-10-2-4-11(5-3-10)14-15-12-6-8-13(9-7-12)16(17)18/h2,6-8,11,13H,3-5,9H2,1H3. The molecule has 0 spiro atoms. The van der Waals surface area contributed by atoms with Crippen LogP contribution in [0.1, 0.15) is 32.6 Å². The third-order valence-corrected chi connectivity index (χ3v) is 3.28. The quantitative estimate of drug-likeness (QED) is 0.332. The van der Waals surface area contributed by atoms with Gasteiger partial charge in [0.15, 0.2) is 0 Å². The van der Waals surface area contributed by atoms with Gasteiger partial charge in [0, 0.05) is 11.3 Å². The van der Waals surface area contributed by atoms with Gasteiger partial charge in [-0.25, -0.2) is 0 Å². The molecule has 2 atom stereocenters. The minimum absolute atomic E-state index is 0.260. The first-order valence-corrected chi connectivity index (χ1v) is 6.23. The molecule has 2 rings (SSSR count). The lowest BCUT2D eigenvalue weighted by Gasteiger charge is -2.15. The van der Waals surface area contributed by atoms with E-state index in [2.05, 4.69) is 23.2 Å². The number of hydrogen-bond acceptors (Lipinski definition) is 4. The van der Waals surface area contributed by atoms with E-state index < -0.39 is 6.04 Å². The fourth-order valence-electron chi connectivity index (χ4n) is 2.03. The second-order valence-electron chi connectivity index (χ2n) is 4.77. The molecule has 0 radical (unpaired) electrons. The molecule has 0 N–H and O–H groups in total. The van der Waals surface area contributed by atoms with Crippen LogP contribution in [0.5, 0.6) is 0 Å². The summed E-state index contributed by atoms with van der Waals surface area (Å²) in [6.45, 7) is 2.14. The summed E-state index contributed by atoms with van der Waals surface area (Å²) in [6.07, 6.45) is 10.7. The monoisotopic (exact) mass is 247 g/mol. The summed E-state index contributed by atoms with van der Waals surface area (Å²) in [5.74, 6) is 0. The molecule has 2 unspecified atom stereocenters. The highest BCUT2D eigenvalue weighted by Gasteiger charge is 2.18. The maximum Gasteiger partial charge on any atom is 0.235 e. The zero-order chi connectivity index (χ0) is 13.0. The molecular weight excluding hydrogens is 230 g/mol. The topological polar surface area (TPSA) is 67.9 Å². The van der Waals surface area contributed by atoms with E-state index in [9.17, 15) is 10.1 Å². The highest BCUT2D eigenvalue weighted by atomic mass is 16.6. The lowest BCUT2D eigenvalue weighted by Crippen LogP contribution is -2.17. The van der Waals surface area contributed by atoms with Crippen molar-refractivity contribution in [1.29, 1.82) is 0 Å². The third kappa shape index (κ3) is 3.35. The maximum atomic E-state index is 10.6. The van der Waals surface area contributed by atoms with Gasteiger partial charge in [-0.1, -0.05) is 11.6 Å². The molecule has 0 aromatic rings. The Morgan fingerprint density at radius 1 is 1.39 bits per heavy atom. The molecule has 0 bridgehead atoms. The summed E-state index contributed by atoms with van der Waals surface area (Å²) in [7, 11) is 0. The van der Waals surface area contributed by atoms with Gasteiger partial charge in [-0.05, 0) is 44.4 Å². The zero-order valence-corrected chi connectivity index (χ0v) is 10.5. The van der Waals surface area contributed by atoms with Gasteiger partial charge in [-0.15, -0.1) is 0 Å². The van der Waals surface area contributed by atoms with Crippen LogP contribution in [0.4, 0.5) is 0 Å². The molecule has 0 saturated carbocycles. The molecule has 0 aromatic heterocycles. The Labute approximate surface area is 106 Å². The van der Waals surface area contributed by atoms with Crippen molar-refractivity contribution in [3.63, 3.8) is 0 Å². The van der Waals surface area contributed by atoms with E-state index in [0.717, 1.165) is 25.0 Å². The Bertz CT molecular complexity index is 449. The molecule has 0 heterocycles. The van der Waals surface area contributed by atoms with Crippen LogP contribution in [0.25, 0.3) is 0 Å². The molecule has 5 nitrogen and oxygen atoms in total. The van der Waals surface area contributed by atoms with Crippen LogP contribution in [0.3, 0.4) is 0 Å². The maximum absolute atomic E-state index is 10.6. The largest absolute Gasteiger partial charge is 0.264 e. The van der Waals surface area contributed by atoms with Gasteiger partial charge in [0.2, 0.25) is 6.04 Å². The van der Waals surface area contributed by atoms with Crippen molar-refractivity contribution in [2.75, 3.05) is 0 Å². The second kappa shape index (κ2) is 5.71.